The molecule has 88 valence electrons. The highest BCUT2D eigenvalue weighted by atomic mass is 14.9. The van der Waals surface area contributed by atoms with Gasteiger partial charge in [-0.3, -0.25) is 4.98 Å². The minimum Gasteiger partial charge on any atom is -0.313 e. The molecule has 1 aromatic heterocycles. The van der Waals surface area contributed by atoms with E-state index in [4.69, 9.17) is 0 Å². The van der Waals surface area contributed by atoms with Gasteiger partial charge < -0.3 is 5.32 Å². The second-order valence-corrected chi connectivity index (χ2v) is 4.94. The largest absolute Gasteiger partial charge is 0.313 e. The summed E-state index contributed by atoms with van der Waals surface area (Å²) in [6.45, 7) is 0. The Morgan fingerprint density at radius 2 is 2.18 bits per heavy atom. The van der Waals surface area contributed by atoms with E-state index in [0.717, 1.165) is 11.4 Å². The standard InChI is InChI=1S/C15H18N2/c1-16-15(10-11-7-8-11)13-4-2-6-14-12(13)5-3-9-17-14/h2-6,9,11,15-16H,7-8,10H2,1H3. The van der Waals surface area contributed by atoms with Gasteiger partial charge in [-0.2, -0.15) is 0 Å². The first-order chi connectivity index (χ1) is 8.38. The molecule has 2 aromatic rings. The summed E-state index contributed by atoms with van der Waals surface area (Å²) in [7, 11) is 2.06. The van der Waals surface area contributed by atoms with Gasteiger partial charge in [0.25, 0.3) is 0 Å². The zero-order valence-corrected chi connectivity index (χ0v) is 10.2. The van der Waals surface area contributed by atoms with Crippen LogP contribution in [0.25, 0.3) is 10.9 Å². The maximum atomic E-state index is 4.43. The van der Waals surface area contributed by atoms with Crippen LogP contribution < -0.4 is 5.32 Å². The van der Waals surface area contributed by atoms with Gasteiger partial charge in [-0.1, -0.05) is 31.0 Å². The Bertz CT molecular complexity index is 512. The summed E-state index contributed by atoms with van der Waals surface area (Å²) in [5.74, 6) is 0.930. The van der Waals surface area contributed by atoms with Crippen molar-refractivity contribution in [1.29, 1.82) is 0 Å². The maximum Gasteiger partial charge on any atom is 0.0705 e. The van der Waals surface area contributed by atoms with Crippen LogP contribution in [0.1, 0.15) is 30.9 Å². The molecule has 3 rings (SSSR count). The summed E-state index contributed by atoms with van der Waals surface area (Å²) in [6, 6.07) is 11.1. The summed E-state index contributed by atoms with van der Waals surface area (Å²) < 4.78 is 0. The number of pyridine rings is 1. The van der Waals surface area contributed by atoms with Gasteiger partial charge in [0.2, 0.25) is 0 Å². The van der Waals surface area contributed by atoms with Crippen LogP contribution in [0.3, 0.4) is 0 Å². The van der Waals surface area contributed by atoms with E-state index in [1.807, 2.05) is 12.3 Å². The van der Waals surface area contributed by atoms with Crippen LogP contribution in [-0.4, -0.2) is 12.0 Å². The number of nitrogens with zero attached hydrogens (tertiary/aromatic N) is 1. The zero-order chi connectivity index (χ0) is 11.7. The summed E-state index contributed by atoms with van der Waals surface area (Å²) in [5.41, 5.74) is 2.49. The molecule has 0 bridgehead atoms. The Kier molecular flexibility index (Phi) is 2.81. The number of rotatable bonds is 4. The van der Waals surface area contributed by atoms with E-state index >= 15 is 0 Å². The molecule has 1 saturated carbocycles. The van der Waals surface area contributed by atoms with Gasteiger partial charge in [0.1, 0.15) is 0 Å². The molecule has 2 nitrogen and oxygen atoms in total. The molecule has 1 aliphatic rings. The SMILES string of the molecule is CNC(CC1CC1)c1cccc2ncccc12. The zero-order valence-electron chi connectivity index (χ0n) is 10.2. The molecule has 1 fully saturated rings. The third kappa shape index (κ3) is 2.18. The van der Waals surface area contributed by atoms with Crippen molar-refractivity contribution in [3.63, 3.8) is 0 Å². The van der Waals surface area contributed by atoms with Crippen LogP contribution in [-0.2, 0) is 0 Å². The molecule has 0 radical (unpaired) electrons. The first-order valence-electron chi connectivity index (χ1n) is 6.39. The summed E-state index contributed by atoms with van der Waals surface area (Å²) in [5, 5.41) is 4.74. The van der Waals surface area contributed by atoms with Crippen LogP contribution in [0.2, 0.25) is 0 Å². The molecule has 0 amide bonds. The first-order valence-corrected chi connectivity index (χ1v) is 6.39. The molecule has 1 N–H and O–H groups in total. The number of hydrogen-bond donors (Lipinski definition) is 1. The molecule has 1 heterocycles. The van der Waals surface area contributed by atoms with E-state index < -0.39 is 0 Å². The topological polar surface area (TPSA) is 24.9 Å². The van der Waals surface area contributed by atoms with Crippen LogP contribution in [0, 0.1) is 5.92 Å². The lowest BCUT2D eigenvalue weighted by molar-refractivity contribution is 0.517. The second kappa shape index (κ2) is 4.46. The molecule has 0 saturated heterocycles. The van der Waals surface area contributed by atoms with Crippen LogP contribution in [0.15, 0.2) is 36.5 Å². The number of benzene rings is 1. The minimum absolute atomic E-state index is 0.468. The van der Waals surface area contributed by atoms with Gasteiger partial charge in [0.05, 0.1) is 5.52 Å². The number of nitrogens with one attached hydrogen (secondary N) is 1. The molecular formula is C15H18N2. The van der Waals surface area contributed by atoms with E-state index in [-0.39, 0.29) is 0 Å². The minimum atomic E-state index is 0.468. The van der Waals surface area contributed by atoms with Gasteiger partial charge in [0.15, 0.2) is 0 Å². The molecule has 1 aliphatic carbocycles. The lowest BCUT2D eigenvalue weighted by Crippen LogP contribution is -2.17. The fourth-order valence-corrected chi connectivity index (χ4v) is 2.52. The Labute approximate surface area is 102 Å². The highest BCUT2D eigenvalue weighted by Crippen LogP contribution is 2.38. The maximum absolute atomic E-state index is 4.43. The monoisotopic (exact) mass is 226 g/mol. The molecule has 1 unspecified atom stereocenters. The number of hydrogen-bond acceptors (Lipinski definition) is 2. The van der Waals surface area contributed by atoms with Crippen molar-refractivity contribution in [3.05, 3.63) is 42.1 Å². The molecule has 1 aromatic carbocycles. The fraction of sp³-hybridized carbons (Fsp3) is 0.400. The predicted octanol–water partition coefficient (Wildman–Crippen LogP) is 3.30. The second-order valence-electron chi connectivity index (χ2n) is 4.94. The van der Waals surface area contributed by atoms with Gasteiger partial charge in [-0.05, 0) is 37.1 Å². The van der Waals surface area contributed by atoms with E-state index in [1.54, 1.807) is 0 Å². The molecule has 0 spiro atoms. The van der Waals surface area contributed by atoms with Crippen molar-refractivity contribution in [3.8, 4) is 0 Å². The summed E-state index contributed by atoms with van der Waals surface area (Å²) in [6.07, 6.45) is 5.92. The summed E-state index contributed by atoms with van der Waals surface area (Å²) >= 11 is 0. The molecule has 2 heteroatoms. The number of fused-ring (bicyclic) bond motifs is 1. The van der Waals surface area contributed by atoms with E-state index in [2.05, 4.69) is 41.6 Å². The fourth-order valence-electron chi connectivity index (χ4n) is 2.52. The Morgan fingerprint density at radius 3 is 2.94 bits per heavy atom. The van der Waals surface area contributed by atoms with E-state index in [1.165, 1.54) is 30.2 Å². The lowest BCUT2D eigenvalue weighted by atomic mass is 9.97. The molecule has 1 atom stereocenters. The number of aromatic nitrogens is 1. The van der Waals surface area contributed by atoms with Gasteiger partial charge in [0, 0.05) is 17.6 Å². The van der Waals surface area contributed by atoms with Crippen molar-refractivity contribution >= 4 is 10.9 Å². The normalized spacial score (nSPS) is 17.2. The smallest absolute Gasteiger partial charge is 0.0705 e. The first kappa shape index (κ1) is 10.7. The van der Waals surface area contributed by atoms with Gasteiger partial charge in [-0.15, -0.1) is 0 Å². The Balaban J connectivity index is 2.01. The van der Waals surface area contributed by atoms with E-state index in [9.17, 15) is 0 Å². The van der Waals surface area contributed by atoms with Crippen LogP contribution in [0.5, 0.6) is 0 Å². The molecule has 17 heavy (non-hydrogen) atoms. The third-order valence-corrected chi connectivity index (χ3v) is 3.67. The average Bonchev–Trinajstić information content (AvgIpc) is 3.19. The van der Waals surface area contributed by atoms with Gasteiger partial charge in [-0.25, -0.2) is 0 Å². The van der Waals surface area contributed by atoms with Crippen molar-refractivity contribution in [2.45, 2.75) is 25.3 Å². The van der Waals surface area contributed by atoms with Gasteiger partial charge >= 0.3 is 0 Å². The average molecular weight is 226 g/mol. The van der Waals surface area contributed by atoms with Crippen LogP contribution >= 0.6 is 0 Å². The highest BCUT2D eigenvalue weighted by Gasteiger charge is 2.26. The van der Waals surface area contributed by atoms with Crippen molar-refractivity contribution in [2.75, 3.05) is 7.05 Å². The van der Waals surface area contributed by atoms with E-state index in [0.29, 0.717) is 6.04 Å². The lowest BCUT2D eigenvalue weighted by Gasteiger charge is -2.18. The summed E-state index contributed by atoms with van der Waals surface area (Å²) in [4.78, 5) is 4.43. The quantitative estimate of drug-likeness (QED) is 0.865. The van der Waals surface area contributed by atoms with Crippen LogP contribution in [0.4, 0.5) is 0 Å². The highest BCUT2D eigenvalue weighted by molar-refractivity contribution is 5.82. The molecule has 0 aliphatic heterocycles. The molecular weight excluding hydrogens is 208 g/mol. The van der Waals surface area contributed by atoms with Crippen molar-refractivity contribution in [1.82, 2.24) is 10.3 Å². The third-order valence-electron chi connectivity index (χ3n) is 3.67. The Hall–Kier alpha value is -1.41. The predicted molar refractivity (Wildman–Crippen MR) is 70.9 cm³/mol. The van der Waals surface area contributed by atoms with Crippen molar-refractivity contribution in [2.24, 2.45) is 5.92 Å². The van der Waals surface area contributed by atoms with Crippen molar-refractivity contribution < 1.29 is 0 Å². The Morgan fingerprint density at radius 1 is 1.29 bits per heavy atom.